The molecule has 0 unspecified atom stereocenters. The molecule has 0 aromatic carbocycles. The van der Waals surface area contributed by atoms with E-state index in [0.29, 0.717) is 6.54 Å². The van der Waals surface area contributed by atoms with Crippen molar-refractivity contribution in [3.05, 3.63) is 0 Å². The molecule has 1 heterocycles. The lowest BCUT2D eigenvalue weighted by Crippen LogP contribution is -2.38. The average molecular weight is 228 g/mol. The Balaban J connectivity index is 2.14. The zero-order chi connectivity index (χ0) is 11.8. The number of aliphatic carboxylic acids is 1. The van der Waals surface area contributed by atoms with Crippen molar-refractivity contribution in [2.24, 2.45) is 0 Å². The Labute approximate surface area is 98.2 Å². The van der Waals surface area contributed by atoms with Crippen molar-refractivity contribution in [2.75, 3.05) is 39.3 Å². The monoisotopic (exact) mass is 228 g/mol. The van der Waals surface area contributed by atoms with Gasteiger partial charge in [0.2, 0.25) is 0 Å². The van der Waals surface area contributed by atoms with Crippen LogP contribution >= 0.6 is 0 Å². The second kappa shape index (κ2) is 7.63. The van der Waals surface area contributed by atoms with Crippen LogP contribution in [0.1, 0.15) is 32.6 Å². The number of nitrogens with zero attached hydrogens (tertiary/aromatic N) is 2. The van der Waals surface area contributed by atoms with Crippen LogP contribution in [-0.4, -0.2) is 60.1 Å². The number of likely N-dealkylation sites (tertiary alicyclic amines) is 1. The molecule has 4 heteroatoms. The summed E-state index contributed by atoms with van der Waals surface area (Å²) in [7, 11) is 0. The van der Waals surface area contributed by atoms with Crippen LogP contribution in [0.3, 0.4) is 0 Å². The van der Waals surface area contributed by atoms with Gasteiger partial charge in [-0.2, -0.15) is 0 Å². The van der Waals surface area contributed by atoms with Gasteiger partial charge in [-0.25, -0.2) is 0 Å². The third-order valence-corrected chi connectivity index (χ3v) is 3.27. The summed E-state index contributed by atoms with van der Waals surface area (Å²) in [5, 5.41) is 8.64. The summed E-state index contributed by atoms with van der Waals surface area (Å²) in [5.41, 5.74) is 0. The summed E-state index contributed by atoms with van der Waals surface area (Å²) in [4.78, 5) is 15.2. The van der Waals surface area contributed by atoms with Crippen LogP contribution in [0, 0.1) is 0 Å². The van der Waals surface area contributed by atoms with Gasteiger partial charge in [-0.05, 0) is 32.5 Å². The quantitative estimate of drug-likeness (QED) is 0.712. The lowest BCUT2D eigenvalue weighted by molar-refractivity contribution is -0.137. The summed E-state index contributed by atoms with van der Waals surface area (Å²) in [6, 6.07) is 0. The number of piperidine rings is 1. The van der Waals surface area contributed by atoms with Gasteiger partial charge in [0.05, 0.1) is 6.42 Å². The minimum atomic E-state index is -0.698. The molecule has 1 N–H and O–H groups in total. The smallest absolute Gasteiger partial charge is 0.304 e. The Kier molecular flexibility index (Phi) is 6.42. The first-order chi connectivity index (χ1) is 7.72. The van der Waals surface area contributed by atoms with Crippen molar-refractivity contribution in [3.8, 4) is 0 Å². The predicted molar refractivity (Wildman–Crippen MR) is 64.7 cm³/mol. The molecule has 0 aromatic heterocycles. The number of hydrogen-bond donors (Lipinski definition) is 1. The van der Waals surface area contributed by atoms with E-state index < -0.39 is 5.97 Å². The summed E-state index contributed by atoms with van der Waals surface area (Å²) in [5.74, 6) is -0.698. The Hall–Kier alpha value is -0.610. The summed E-state index contributed by atoms with van der Waals surface area (Å²) in [6.07, 6.45) is 4.27. The van der Waals surface area contributed by atoms with Crippen molar-refractivity contribution in [1.29, 1.82) is 0 Å². The number of carboxylic acid groups (broad SMARTS) is 1. The molecule has 1 fully saturated rings. The first-order valence-electron chi connectivity index (χ1n) is 6.39. The van der Waals surface area contributed by atoms with E-state index in [9.17, 15) is 4.79 Å². The summed E-state index contributed by atoms with van der Waals surface area (Å²) >= 11 is 0. The van der Waals surface area contributed by atoms with E-state index in [4.69, 9.17) is 5.11 Å². The molecule has 0 aromatic rings. The number of hydrogen-bond acceptors (Lipinski definition) is 3. The maximum atomic E-state index is 10.5. The topological polar surface area (TPSA) is 43.8 Å². The molecule has 0 spiro atoms. The van der Waals surface area contributed by atoms with Crippen molar-refractivity contribution in [1.82, 2.24) is 9.80 Å². The molecule has 1 rings (SSSR count). The highest BCUT2D eigenvalue weighted by Gasteiger charge is 2.11. The number of likely N-dealkylation sites (N-methyl/N-ethyl adjacent to an activating group) is 1. The fourth-order valence-electron chi connectivity index (χ4n) is 2.15. The van der Waals surface area contributed by atoms with E-state index in [2.05, 4.69) is 16.7 Å². The third kappa shape index (κ3) is 5.47. The van der Waals surface area contributed by atoms with E-state index in [1.165, 1.54) is 32.4 Å². The minimum absolute atomic E-state index is 0.258. The van der Waals surface area contributed by atoms with Crippen LogP contribution in [0.2, 0.25) is 0 Å². The first-order valence-corrected chi connectivity index (χ1v) is 6.39. The highest BCUT2D eigenvalue weighted by Crippen LogP contribution is 2.08. The molecule has 94 valence electrons. The molecule has 0 saturated carbocycles. The third-order valence-electron chi connectivity index (χ3n) is 3.27. The zero-order valence-corrected chi connectivity index (χ0v) is 10.3. The fraction of sp³-hybridized carbons (Fsp3) is 0.917. The number of carboxylic acids is 1. The van der Waals surface area contributed by atoms with Crippen LogP contribution in [0.5, 0.6) is 0 Å². The molecule has 0 aliphatic carbocycles. The minimum Gasteiger partial charge on any atom is -0.481 e. The van der Waals surface area contributed by atoms with Crippen molar-refractivity contribution in [2.45, 2.75) is 32.6 Å². The lowest BCUT2D eigenvalue weighted by atomic mass is 10.1. The van der Waals surface area contributed by atoms with E-state index in [0.717, 1.165) is 19.6 Å². The molecular formula is C12H24N2O2. The molecule has 0 atom stereocenters. The molecule has 1 aliphatic rings. The largest absolute Gasteiger partial charge is 0.481 e. The van der Waals surface area contributed by atoms with Gasteiger partial charge in [0.1, 0.15) is 0 Å². The maximum Gasteiger partial charge on any atom is 0.304 e. The Bertz CT molecular complexity index is 203. The van der Waals surface area contributed by atoms with Gasteiger partial charge in [0.15, 0.2) is 0 Å². The van der Waals surface area contributed by atoms with Crippen molar-refractivity contribution in [3.63, 3.8) is 0 Å². The highest BCUT2D eigenvalue weighted by atomic mass is 16.4. The van der Waals surface area contributed by atoms with Gasteiger partial charge in [0.25, 0.3) is 0 Å². The van der Waals surface area contributed by atoms with Crippen molar-refractivity contribution >= 4 is 5.97 Å². The SMILES string of the molecule is CCN(CCC(=O)O)CCN1CCCCC1. The molecule has 0 bridgehead atoms. The zero-order valence-electron chi connectivity index (χ0n) is 10.3. The van der Waals surface area contributed by atoms with Crippen LogP contribution in [0.15, 0.2) is 0 Å². The van der Waals surface area contributed by atoms with Crippen LogP contribution < -0.4 is 0 Å². The lowest BCUT2D eigenvalue weighted by Gasteiger charge is -2.29. The molecular weight excluding hydrogens is 204 g/mol. The summed E-state index contributed by atoms with van der Waals surface area (Å²) in [6.45, 7) is 8.25. The Morgan fingerprint density at radius 2 is 1.94 bits per heavy atom. The molecule has 1 saturated heterocycles. The highest BCUT2D eigenvalue weighted by molar-refractivity contribution is 5.66. The maximum absolute atomic E-state index is 10.5. The standard InChI is InChI=1S/C12H24N2O2/c1-2-13(9-6-12(15)16)10-11-14-7-4-3-5-8-14/h2-11H2,1H3,(H,15,16). The Morgan fingerprint density at radius 3 is 2.50 bits per heavy atom. The van der Waals surface area contributed by atoms with Gasteiger partial charge < -0.3 is 14.9 Å². The molecule has 4 nitrogen and oxygen atoms in total. The molecule has 0 amide bonds. The Morgan fingerprint density at radius 1 is 1.25 bits per heavy atom. The number of carbonyl (C=O) groups is 1. The van der Waals surface area contributed by atoms with Crippen LogP contribution in [0.25, 0.3) is 0 Å². The van der Waals surface area contributed by atoms with E-state index in [1.807, 2.05) is 0 Å². The average Bonchev–Trinajstić information content (AvgIpc) is 2.30. The predicted octanol–water partition coefficient (Wildman–Crippen LogP) is 1.27. The summed E-state index contributed by atoms with van der Waals surface area (Å²) < 4.78 is 0. The second-order valence-electron chi connectivity index (χ2n) is 4.48. The fourth-order valence-corrected chi connectivity index (χ4v) is 2.15. The molecule has 16 heavy (non-hydrogen) atoms. The van der Waals surface area contributed by atoms with Crippen LogP contribution in [-0.2, 0) is 4.79 Å². The van der Waals surface area contributed by atoms with Gasteiger partial charge in [-0.1, -0.05) is 13.3 Å². The molecule has 0 radical (unpaired) electrons. The van der Waals surface area contributed by atoms with Crippen molar-refractivity contribution < 1.29 is 9.90 Å². The number of rotatable bonds is 7. The van der Waals surface area contributed by atoms with Gasteiger partial charge in [-0.3, -0.25) is 4.79 Å². The second-order valence-corrected chi connectivity index (χ2v) is 4.48. The van der Waals surface area contributed by atoms with E-state index in [-0.39, 0.29) is 6.42 Å². The molecule has 1 aliphatic heterocycles. The van der Waals surface area contributed by atoms with Gasteiger partial charge in [-0.15, -0.1) is 0 Å². The normalized spacial score (nSPS) is 17.9. The van der Waals surface area contributed by atoms with Gasteiger partial charge in [0, 0.05) is 19.6 Å². The van der Waals surface area contributed by atoms with Gasteiger partial charge >= 0.3 is 5.97 Å². The first kappa shape index (κ1) is 13.5. The van der Waals surface area contributed by atoms with E-state index in [1.54, 1.807) is 0 Å². The van der Waals surface area contributed by atoms with Crippen LogP contribution in [0.4, 0.5) is 0 Å². The van der Waals surface area contributed by atoms with E-state index >= 15 is 0 Å².